The van der Waals surface area contributed by atoms with Crippen LogP contribution in [0.1, 0.15) is 83.6 Å². The van der Waals surface area contributed by atoms with Crippen LogP contribution >= 0.6 is 11.8 Å². The van der Waals surface area contributed by atoms with Crippen molar-refractivity contribution in [3.05, 3.63) is 30.1 Å². The maximum absolute atomic E-state index is 2.29. The van der Waals surface area contributed by atoms with E-state index in [-0.39, 0.29) is 0 Å². The van der Waals surface area contributed by atoms with Crippen molar-refractivity contribution in [3.63, 3.8) is 0 Å². The maximum Gasteiger partial charge on any atom is 0.194 e. The van der Waals surface area contributed by atoms with Crippen molar-refractivity contribution >= 4 is 11.8 Å². The van der Waals surface area contributed by atoms with Gasteiger partial charge in [-0.1, -0.05) is 83.4 Å². The van der Waals surface area contributed by atoms with Crippen LogP contribution in [0.15, 0.2) is 24.5 Å². The molecule has 1 aromatic heterocycles. The molecule has 0 amide bonds. The minimum Gasteiger partial charge on any atom is -0.195 e. The zero-order valence-electron chi connectivity index (χ0n) is 14.9. The van der Waals surface area contributed by atoms with E-state index in [0.717, 1.165) is 12.3 Å². The average molecular weight is 323 g/mol. The van der Waals surface area contributed by atoms with Gasteiger partial charge in [0.2, 0.25) is 0 Å². The Hall–Kier alpha value is -0.500. The molecule has 0 aliphatic heterocycles. The molecule has 0 saturated carbocycles. The first-order chi connectivity index (χ1) is 10.9. The van der Waals surface area contributed by atoms with Gasteiger partial charge in [-0.3, -0.25) is 0 Å². The van der Waals surface area contributed by atoms with Crippen LogP contribution in [0, 0.1) is 0 Å². The lowest BCUT2D eigenvalue weighted by Crippen LogP contribution is -2.31. The number of aryl methyl sites for hydroxylation is 1. The summed E-state index contributed by atoms with van der Waals surface area (Å²) in [6.07, 6.45) is 19.8. The molecule has 0 bridgehead atoms. The van der Waals surface area contributed by atoms with Crippen LogP contribution in [0.2, 0.25) is 0 Å². The third kappa shape index (κ3) is 10.3. The first-order valence-electron chi connectivity index (χ1n) is 9.42. The Balaban J connectivity index is 1.85. The fourth-order valence-corrected chi connectivity index (χ4v) is 3.59. The Morgan fingerprint density at radius 1 is 0.773 bits per heavy atom. The second-order valence-electron chi connectivity index (χ2n) is 6.29. The van der Waals surface area contributed by atoms with E-state index >= 15 is 0 Å². The molecule has 0 N–H and O–H groups in total. The van der Waals surface area contributed by atoms with E-state index in [4.69, 9.17) is 0 Å². The van der Waals surface area contributed by atoms with Gasteiger partial charge in [0.25, 0.3) is 0 Å². The van der Waals surface area contributed by atoms with Crippen LogP contribution in [0.3, 0.4) is 0 Å². The van der Waals surface area contributed by atoms with Crippen LogP contribution in [0.4, 0.5) is 0 Å². The Bertz CT molecular complexity index is 347. The first kappa shape index (κ1) is 19.5. The summed E-state index contributed by atoms with van der Waals surface area (Å²) in [5, 5.41) is 0. The molecule has 1 heterocycles. The lowest BCUT2D eigenvalue weighted by atomic mass is 10.1. The summed E-state index contributed by atoms with van der Waals surface area (Å²) in [7, 11) is 0. The molecule has 0 radical (unpaired) electrons. The van der Waals surface area contributed by atoms with E-state index in [2.05, 4.69) is 54.7 Å². The molecule has 126 valence electrons. The number of aromatic nitrogens is 1. The van der Waals surface area contributed by atoms with Gasteiger partial charge in [-0.25, -0.2) is 0 Å². The molecule has 0 saturated heterocycles. The van der Waals surface area contributed by atoms with Crippen molar-refractivity contribution in [2.75, 3.05) is 5.75 Å². The molecule has 1 aromatic rings. The third-order valence-corrected chi connectivity index (χ3v) is 5.31. The van der Waals surface area contributed by atoms with Crippen molar-refractivity contribution in [1.82, 2.24) is 0 Å². The lowest BCUT2D eigenvalue weighted by Gasteiger charge is -2.02. The standard InChI is InChI=1S/C20H36NS/c1-3-5-6-7-8-9-10-11-12-13-18-22-19-21-16-14-20(4-2)15-17-21/h14-17H,3-13,18-19H2,1-2H3/q+1. The molecule has 0 aliphatic carbocycles. The predicted molar refractivity (Wildman–Crippen MR) is 100 cm³/mol. The molecular weight excluding hydrogens is 286 g/mol. The highest BCUT2D eigenvalue weighted by atomic mass is 32.2. The minimum atomic E-state index is 1.10. The molecule has 22 heavy (non-hydrogen) atoms. The molecule has 0 fully saturated rings. The normalized spacial score (nSPS) is 11.0. The summed E-state index contributed by atoms with van der Waals surface area (Å²) in [5.41, 5.74) is 1.43. The zero-order valence-corrected chi connectivity index (χ0v) is 15.7. The van der Waals surface area contributed by atoms with Gasteiger partial charge in [-0.05, 0) is 24.2 Å². The van der Waals surface area contributed by atoms with Gasteiger partial charge in [0, 0.05) is 12.1 Å². The summed E-state index contributed by atoms with van der Waals surface area (Å²) >= 11 is 2.06. The molecule has 2 heteroatoms. The summed E-state index contributed by atoms with van der Waals surface area (Å²) in [5.74, 6) is 2.40. The highest BCUT2D eigenvalue weighted by molar-refractivity contribution is 7.98. The molecule has 1 nitrogen and oxygen atoms in total. The summed E-state index contributed by atoms with van der Waals surface area (Å²) in [6.45, 7) is 4.50. The van der Waals surface area contributed by atoms with Crippen LogP contribution in [-0.4, -0.2) is 5.75 Å². The highest BCUT2D eigenvalue weighted by Crippen LogP contribution is 2.12. The van der Waals surface area contributed by atoms with Crippen molar-refractivity contribution in [2.24, 2.45) is 0 Å². The van der Waals surface area contributed by atoms with Crippen molar-refractivity contribution in [2.45, 2.75) is 90.4 Å². The van der Waals surface area contributed by atoms with Crippen molar-refractivity contribution in [1.29, 1.82) is 0 Å². The van der Waals surface area contributed by atoms with Gasteiger partial charge in [-0.2, -0.15) is 4.57 Å². The van der Waals surface area contributed by atoms with Gasteiger partial charge >= 0.3 is 0 Å². The maximum atomic E-state index is 2.29. The Morgan fingerprint density at radius 2 is 1.32 bits per heavy atom. The predicted octanol–water partition coefficient (Wildman–Crippen LogP) is 6.15. The van der Waals surface area contributed by atoms with E-state index in [0.29, 0.717) is 0 Å². The molecule has 0 atom stereocenters. The van der Waals surface area contributed by atoms with E-state index in [1.165, 1.54) is 75.5 Å². The molecular formula is C20H36NS+. The SMILES string of the molecule is CCCCCCCCCCCCSC[n+]1ccc(CC)cc1. The molecule has 0 aliphatic rings. The van der Waals surface area contributed by atoms with Gasteiger partial charge in [-0.15, -0.1) is 0 Å². The molecule has 0 spiro atoms. The van der Waals surface area contributed by atoms with Gasteiger partial charge in [0.1, 0.15) is 0 Å². The second-order valence-corrected chi connectivity index (χ2v) is 7.37. The van der Waals surface area contributed by atoms with Gasteiger partial charge in [0.15, 0.2) is 18.3 Å². The second kappa shape index (κ2) is 14.1. The van der Waals surface area contributed by atoms with Crippen LogP contribution < -0.4 is 4.57 Å². The first-order valence-corrected chi connectivity index (χ1v) is 10.6. The third-order valence-electron chi connectivity index (χ3n) is 4.25. The summed E-state index contributed by atoms with van der Waals surface area (Å²) in [4.78, 5) is 0. The largest absolute Gasteiger partial charge is 0.195 e. The Labute approximate surface area is 142 Å². The fraction of sp³-hybridized carbons (Fsp3) is 0.750. The van der Waals surface area contributed by atoms with Crippen LogP contribution in [0.5, 0.6) is 0 Å². The number of pyridine rings is 1. The minimum absolute atomic E-state index is 1.10. The number of hydrogen-bond acceptors (Lipinski definition) is 1. The monoisotopic (exact) mass is 322 g/mol. The number of thioether (sulfide) groups is 1. The number of hydrogen-bond donors (Lipinski definition) is 0. The van der Waals surface area contributed by atoms with Crippen LogP contribution in [-0.2, 0) is 12.3 Å². The van der Waals surface area contributed by atoms with Crippen LogP contribution in [0.25, 0.3) is 0 Å². The van der Waals surface area contributed by atoms with Crippen molar-refractivity contribution in [3.8, 4) is 0 Å². The van der Waals surface area contributed by atoms with Gasteiger partial charge < -0.3 is 0 Å². The van der Waals surface area contributed by atoms with E-state index in [1.54, 1.807) is 0 Å². The number of nitrogens with zero attached hydrogens (tertiary/aromatic N) is 1. The molecule has 0 unspecified atom stereocenters. The Morgan fingerprint density at radius 3 is 1.86 bits per heavy atom. The molecule has 1 rings (SSSR count). The summed E-state index contributed by atoms with van der Waals surface area (Å²) in [6, 6.07) is 4.47. The quantitative estimate of drug-likeness (QED) is 0.293. The topological polar surface area (TPSA) is 3.88 Å². The van der Waals surface area contributed by atoms with E-state index in [1.807, 2.05) is 0 Å². The van der Waals surface area contributed by atoms with E-state index in [9.17, 15) is 0 Å². The fourth-order valence-electron chi connectivity index (χ4n) is 2.67. The average Bonchev–Trinajstić information content (AvgIpc) is 2.56. The van der Waals surface area contributed by atoms with E-state index < -0.39 is 0 Å². The van der Waals surface area contributed by atoms with Crippen molar-refractivity contribution < 1.29 is 4.57 Å². The Kier molecular flexibility index (Phi) is 12.5. The summed E-state index contributed by atoms with van der Waals surface area (Å²) < 4.78 is 2.29. The van der Waals surface area contributed by atoms with Gasteiger partial charge in [0.05, 0.1) is 0 Å². The molecule has 0 aromatic carbocycles. The highest BCUT2D eigenvalue weighted by Gasteiger charge is 2.00. The zero-order chi connectivity index (χ0) is 15.9. The smallest absolute Gasteiger partial charge is 0.194 e. The number of unbranched alkanes of at least 4 members (excludes halogenated alkanes) is 9. The lowest BCUT2D eigenvalue weighted by molar-refractivity contribution is -0.676. The number of rotatable bonds is 14.